The second-order valence-corrected chi connectivity index (χ2v) is 7.62. The van der Waals surface area contributed by atoms with Gasteiger partial charge < -0.3 is 10.3 Å². The Balaban J connectivity index is 1.38. The Morgan fingerprint density at radius 3 is 2.60 bits per heavy atom. The summed E-state index contributed by atoms with van der Waals surface area (Å²) < 4.78 is 40.6. The summed E-state index contributed by atoms with van der Waals surface area (Å²) in [7, 11) is 0. The summed E-state index contributed by atoms with van der Waals surface area (Å²) in [5.74, 6) is -3.33. The summed E-state index contributed by atoms with van der Waals surface area (Å²) >= 11 is 1.32. The van der Waals surface area contributed by atoms with Crippen LogP contribution in [0.3, 0.4) is 0 Å². The molecule has 1 aromatic carbocycles. The summed E-state index contributed by atoms with van der Waals surface area (Å²) in [4.78, 5) is 15.1. The van der Waals surface area contributed by atoms with Gasteiger partial charge in [-0.05, 0) is 24.6 Å². The van der Waals surface area contributed by atoms with E-state index in [1.54, 1.807) is 0 Å². The van der Waals surface area contributed by atoms with Gasteiger partial charge in [0.25, 0.3) is 5.91 Å². The van der Waals surface area contributed by atoms with Gasteiger partial charge in [-0.25, -0.2) is 13.2 Å². The lowest BCUT2D eigenvalue weighted by atomic mass is 10.1. The molecule has 0 aliphatic heterocycles. The SMILES string of the molecule is Cc1cc(-c2nnc(CNC(=O)c3cc(Cc4c(F)cc(F)cc4F)c[nH]3)s2)[nH]n1. The maximum Gasteiger partial charge on any atom is 0.268 e. The van der Waals surface area contributed by atoms with Crippen molar-refractivity contribution in [1.29, 1.82) is 0 Å². The third kappa shape index (κ3) is 4.25. The van der Waals surface area contributed by atoms with Crippen molar-refractivity contribution in [3.8, 4) is 10.7 Å². The largest absolute Gasteiger partial charge is 0.357 e. The van der Waals surface area contributed by atoms with E-state index >= 15 is 0 Å². The number of halogens is 3. The predicted molar refractivity (Wildman–Crippen MR) is 103 cm³/mol. The molecule has 0 fully saturated rings. The first-order valence-corrected chi connectivity index (χ1v) is 9.64. The number of rotatable bonds is 6. The third-order valence-corrected chi connectivity index (χ3v) is 5.23. The zero-order valence-corrected chi connectivity index (χ0v) is 16.4. The van der Waals surface area contributed by atoms with Crippen LogP contribution >= 0.6 is 11.3 Å². The molecule has 4 rings (SSSR count). The molecule has 3 aromatic heterocycles. The maximum absolute atomic E-state index is 13.8. The molecule has 0 spiro atoms. The molecule has 0 saturated carbocycles. The number of nitrogens with one attached hydrogen (secondary N) is 3. The number of aromatic nitrogens is 5. The lowest BCUT2D eigenvalue weighted by Crippen LogP contribution is -2.23. The van der Waals surface area contributed by atoms with Crippen LogP contribution in [0.5, 0.6) is 0 Å². The van der Waals surface area contributed by atoms with E-state index in [2.05, 4.69) is 30.7 Å². The highest BCUT2D eigenvalue weighted by atomic mass is 32.1. The average molecular weight is 432 g/mol. The number of benzene rings is 1. The molecule has 0 saturated heterocycles. The fourth-order valence-electron chi connectivity index (χ4n) is 2.83. The Morgan fingerprint density at radius 2 is 1.90 bits per heavy atom. The van der Waals surface area contributed by atoms with E-state index < -0.39 is 23.4 Å². The standard InChI is InChI=1S/C19H15F3N6OS/c1-9-2-16(26-25-9)19-28-27-17(30-19)8-24-18(29)15-4-10(7-23-15)3-12-13(21)5-11(20)6-14(12)22/h2,4-7,23H,3,8H2,1H3,(H,24,29)(H,25,26). The number of aryl methyl sites for hydroxylation is 1. The number of carbonyl (C=O) groups is 1. The smallest absolute Gasteiger partial charge is 0.268 e. The minimum absolute atomic E-state index is 0.120. The van der Waals surface area contributed by atoms with Crippen molar-refractivity contribution in [2.45, 2.75) is 19.9 Å². The number of nitrogens with zero attached hydrogens (tertiary/aromatic N) is 3. The zero-order valence-electron chi connectivity index (χ0n) is 15.6. The molecule has 154 valence electrons. The quantitative estimate of drug-likeness (QED) is 0.434. The topological polar surface area (TPSA) is 99.4 Å². The summed E-state index contributed by atoms with van der Waals surface area (Å²) in [6.07, 6.45) is 1.35. The molecule has 30 heavy (non-hydrogen) atoms. The highest BCUT2D eigenvalue weighted by Gasteiger charge is 2.15. The van der Waals surface area contributed by atoms with Crippen molar-refractivity contribution in [3.05, 3.63) is 75.4 Å². The molecule has 0 bridgehead atoms. The summed E-state index contributed by atoms with van der Waals surface area (Å²) in [5.41, 5.74) is 2.02. The molecule has 4 aromatic rings. The van der Waals surface area contributed by atoms with Crippen LogP contribution in [0.4, 0.5) is 13.2 Å². The van der Waals surface area contributed by atoms with Crippen molar-refractivity contribution in [2.75, 3.05) is 0 Å². The molecule has 0 radical (unpaired) electrons. The second kappa shape index (κ2) is 8.11. The van der Waals surface area contributed by atoms with Crippen LogP contribution < -0.4 is 5.32 Å². The molecular formula is C19H15F3N6OS. The first kappa shape index (κ1) is 19.8. The van der Waals surface area contributed by atoms with Crippen molar-refractivity contribution in [3.63, 3.8) is 0 Å². The van der Waals surface area contributed by atoms with Crippen LogP contribution in [0, 0.1) is 24.4 Å². The Labute approximate surface area is 172 Å². The summed E-state index contributed by atoms with van der Waals surface area (Å²) in [5, 5.41) is 19.0. The lowest BCUT2D eigenvalue weighted by Gasteiger charge is -2.03. The molecule has 3 heterocycles. The molecule has 0 unspecified atom stereocenters. The van der Waals surface area contributed by atoms with Crippen LogP contribution in [0.1, 0.15) is 32.3 Å². The first-order valence-electron chi connectivity index (χ1n) is 8.82. The van der Waals surface area contributed by atoms with E-state index in [0.717, 1.165) is 11.4 Å². The van der Waals surface area contributed by atoms with Gasteiger partial charge >= 0.3 is 0 Å². The van der Waals surface area contributed by atoms with E-state index in [9.17, 15) is 18.0 Å². The van der Waals surface area contributed by atoms with Gasteiger partial charge in [0.1, 0.15) is 28.2 Å². The number of carbonyl (C=O) groups excluding carboxylic acids is 1. The number of hydrogen-bond donors (Lipinski definition) is 3. The van der Waals surface area contributed by atoms with Gasteiger partial charge in [0, 0.05) is 30.3 Å². The van der Waals surface area contributed by atoms with E-state index in [0.29, 0.717) is 27.7 Å². The Morgan fingerprint density at radius 1 is 1.13 bits per heavy atom. The number of amides is 1. The molecule has 7 nitrogen and oxygen atoms in total. The van der Waals surface area contributed by atoms with Crippen LogP contribution in [0.2, 0.25) is 0 Å². The Kier molecular flexibility index (Phi) is 5.36. The minimum Gasteiger partial charge on any atom is -0.357 e. The monoisotopic (exact) mass is 432 g/mol. The molecule has 1 amide bonds. The Bertz CT molecular complexity index is 1190. The second-order valence-electron chi connectivity index (χ2n) is 6.55. The van der Waals surface area contributed by atoms with E-state index in [1.165, 1.54) is 23.6 Å². The average Bonchev–Trinajstić information content (AvgIpc) is 3.43. The van der Waals surface area contributed by atoms with Gasteiger partial charge in [0.2, 0.25) is 0 Å². The minimum atomic E-state index is -0.981. The van der Waals surface area contributed by atoms with E-state index in [4.69, 9.17) is 0 Å². The van der Waals surface area contributed by atoms with Crippen molar-refractivity contribution in [1.82, 2.24) is 30.7 Å². The van der Waals surface area contributed by atoms with E-state index in [-0.39, 0.29) is 24.2 Å². The highest BCUT2D eigenvalue weighted by molar-refractivity contribution is 7.14. The molecular weight excluding hydrogens is 417 g/mol. The first-order chi connectivity index (χ1) is 14.4. The predicted octanol–water partition coefficient (Wildman–Crippen LogP) is 3.50. The summed E-state index contributed by atoms with van der Waals surface area (Å²) in [6.45, 7) is 2.02. The van der Waals surface area contributed by atoms with Crippen LogP contribution in [-0.2, 0) is 13.0 Å². The number of hydrogen-bond acceptors (Lipinski definition) is 5. The van der Waals surface area contributed by atoms with Crippen molar-refractivity contribution < 1.29 is 18.0 Å². The van der Waals surface area contributed by atoms with Crippen molar-refractivity contribution in [2.24, 2.45) is 0 Å². The molecule has 11 heteroatoms. The fourth-order valence-corrected chi connectivity index (χ4v) is 3.58. The van der Waals surface area contributed by atoms with Gasteiger partial charge in [-0.1, -0.05) is 11.3 Å². The fraction of sp³-hybridized carbons (Fsp3) is 0.158. The molecule has 0 aliphatic rings. The highest BCUT2D eigenvalue weighted by Crippen LogP contribution is 2.22. The number of H-pyrrole nitrogens is 2. The van der Waals surface area contributed by atoms with Gasteiger partial charge in [-0.15, -0.1) is 10.2 Å². The maximum atomic E-state index is 13.8. The van der Waals surface area contributed by atoms with Gasteiger partial charge in [0.05, 0.1) is 17.9 Å². The van der Waals surface area contributed by atoms with Crippen LogP contribution in [-0.4, -0.2) is 31.3 Å². The van der Waals surface area contributed by atoms with Gasteiger partial charge in [0.15, 0.2) is 5.01 Å². The summed E-state index contributed by atoms with van der Waals surface area (Å²) in [6, 6.07) is 4.58. The molecule has 3 N–H and O–H groups in total. The van der Waals surface area contributed by atoms with Gasteiger partial charge in [-0.2, -0.15) is 5.10 Å². The zero-order chi connectivity index (χ0) is 21.3. The van der Waals surface area contributed by atoms with Crippen LogP contribution in [0.25, 0.3) is 10.7 Å². The third-order valence-electron chi connectivity index (χ3n) is 4.28. The molecule has 0 atom stereocenters. The van der Waals surface area contributed by atoms with Crippen LogP contribution in [0.15, 0.2) is 30.5 Å². The number of aromatic amines is 2. The van der Waals surface area contributed by atoms with Crippen molar-refractivity contribution >= 4 is 17.2 Å². The lowest BCUT2D eigenvalue weighted by molar-refractivity contribution is 0.0946. The molecule has 0 aliphatic carbocycles. The Hall–Kier alpha value is -3.47. The normalized spacial score (nSPS) is 11.1. The van der Waals surface area contributed by atoms with Gasteiger partial charge in [-0.3, -0.25) is 9.89 Å². The van der Waals surface area contributed by atoms with E-state index in [1.807, 2.05) is 13.0 Å².